The van der Waals surface area contributed by atoms with Gasteiger partial charge in [0.05, 0.1) is 12.3 Å². The van der Waals surface area contributed by atoms with Crippen LogP contribution in [0, 0.1) is 0 Å². The molecule has 2 rings (SSSR count). The minimum Gasteiger partial charge on any atom is -0.398 e. The fourth-order valence-corrected chi connectivity index (χ4v) is 3.21. The maximum absolute atomic E-state index is 11.9. The van der Waals surface area contributed by atoms with Gasteiger partial charge in [-0.1, -0.05) is 18.2 Å². The van der Waals surface area contributed by atoms with Gasteiger partial charge in [0.25, 0.3) is 0 Å². The first kappa shape index (κ1) is 13.0. The number of nitrogen functional groups attached to an aromatic ring is 1. The topological polar surface area (TPSA) is 85.1 Å². The standard InChI is InChI=1S/C11H13N3O2S2/c12-10-4-2-1-3-9(10)8-18(15,16)14-7-11-13-5-6-17-11/h1-6,14H,7-8,12H2. The number of hydrogen-bond donors (Lipinski definition) is 2. The van der Waals surface area contributed by atoms with Gasteiger partial charge in [0.1, 0.15) is 5.01 Å². The monoisotopic (exact) mass is 283 g/mol. The highest BCUT2D eigenvalue weighted by atomic mass is 32.2. The van der Waals surface area contributed by atoms with Crippen LogP contribution in [0.15, 0.2) is 35.8 Å². The average molecular weight is 283 g/mol. The van der Waals surface area contributed by atoms with Gasteiger partial charge in [0.15, 0.2) is 0 Å². The summed E-state index contributed by atoms with van der Waals surface area (Å²) in [4.78, 5) is 4.01. The molecule has 0 fully saturated rings. The van der Waals surface area contributed by atoms with E-state index < -0.39 is 10.0 Å². The molecule has 18 heavy (non-hydrogen) atoms. The maximum Gasteiger partial charge on any atom is 0.216 e. The number of nitrogens with two attached hydrogens (primary N) is 1. The molecule has 0 unspecified atom stereocenters. The first-order valence-electron chi connectivity index (χ1n) is 5.26. The molecule has 3 N–H and O–H groups in total. The van der Waals surface area contributed by atoms with Crippen molar-refractivity contribution in [2.75, 3.05) is 5.73 Å². The van der Waals surface area contributed by atoms with Gasteiger partial charge in [0.2, 0.25) is 10.0 Å². The van der Waals surface area contributed by atoms with Crippen molar-refractivity contribution in [3.05, 3.63) is 46.4 Å². The van der Waals surface area contributed by atoms with E-state index in [-0.39, 0.29) is 12.3 Å². The zero-order chi connectivity index (χ0) is 13.0. The minimum absolute atomic E-state index is 0.120. The van der Waals surface area contributed by atoms with E-state index >= 15 is 0 Å². The van der Waals surface area contributed by atoms with Crippen LogP contribution in [0.2, 0.25) is 0 Å². The summed E-state index contributed by atoms with van der Waals surface area (Å²) in [6.07, 6.45) is 1.64. The van der Waals surface area contributed by atoms with Crippen molar-refractivity contribution < 1.29 is 8.42 Å². The lowest BCUT2D eigenvalue weighted by Crippen LogP contribution is -2.25. The van der Waals surface area contributed by atoms with Crippen LogP contribution >= 0.6 is 11.3 Å². The SMILES string of the molecule is Nc1ccccc1CS(=O)(=O)NCc1nccs1. The smallest absolute Gasteiger partial charge is 0.216 e. The number of nitrogens with one attached hydrogen (secondary N) is 1. The zero-order valence-corrected chi connectivity index (χ0v) is 11.2. The zero-order valence-electron chi connectivity index (χ0n) is 9.54. The van der Waals surface area contributed by atoms with E-state index in [4.69, 9.17) is 5.73 Å². The van der Waals surface area contributed by atoms with Crippen LogP contribution in [0.4, 0.5) is 5.69 Å². The number of anilines is 1. The molecular weight excluding hydrogens is 270 g/mol. The van der Waals surface area contributed by atoms with Crippen LogP contribution < -0.4 is 10.5 Å². The highest BCUT2D eigenvalue weighted by molar-refractivity contribution is 7.88. The molecule has 0 aliphatic rings. The molecule has 0 bridgehead atoms. The highest BCUT2D eigenvalue weighted by Crippen LogP contribution is 2.14. The number of thiazole rings is 1. The largest absolute Gasteiger partial charge is 0.398 e. The van der Waals surface area contributed by atoms with Crippen LogP contribution in [-0.2, 0) is 22.3 Å². The van der Waals surface area contributed by atoms with Crippen LogP contribution in [0.25, 0.3) is 0 Å². The molecule has 0 spiro atoms. The van der Waals surface area contributed by atoms with Gasteiger partial charge in [-0.2, -0.15) is 0 Å². The molecule has 0 aliphatic heterocycles. The lowest BCUT2D eigenvalue weighted by atomic mass is 10.2. The van der Waals surface area contributed by atoms with Crippen molar-refractivity contribution in [1.82, 2.24) is 9.71 Å². The predicted molar refractivity (Wildman–Crippen MR) is 72.4 cm³/mol. The van der Waals surface area contributed by atoms with Crippen LogP contribution in [0.1, 0.15) is 10.6 Å². The van der Waals surface area contributed by atoms with Crippen molar-refractivity contribution in [2.24, 2.45) is 0 Å². The molecule has 0 saturated heterocycles. The average Bonchev–Trinajstić information content (AvgIpc) is 2.83. The summed E-state index contributed by atoms with van der Waals surface area (Å²) in [7, 11) is -3.40. The molecule has 0 saturated carbocycles. The Bertz CT molecular complexity index is 609. The summed E-state index contributed by atoms with van der Waals surface area (Å²) in [6, 6.07) is 6.93. The van der Waals surface area contributed by atoms with Crippen LogP contribution in [0.3, 0.4) is 0 Å². The second-order valence-corrected chi connectivity index (χ2v) is 6.49. The molecule has 1 aromatic carbocycles. The second-order valence-electron chi connectivity index (χ2n) is 3.70. The molecule has 0 atom stereocenters. The van der Waals surface area contributed by atoms with Gasteiger partial charge in [-0.05, 0) is 11.6 Å². The highest BCUT2D eigenvalue weighted by Gasteiger charge is 2.13. The molecule has 0 amide bonds. The number of hydrogen-bond acceptors (Lipinski definition) is 5. The number of benzene rings is 1. The third-order valence-corrected chi connectivity index (χ3v) is 4.38. The lowest BCUT2D eigenvalue weighted by molar-refractivity contribution is 0.580. The van der Waals surface area contributed by atoms with Crippen molar-refractivity contribution in [2.45, 2.75) is 12.3 Å². The second kappa shape index (κ2) is 5.47. The predicted octanol–water partition coefficient (Wildman–Crippen LogP) is 1.34. The molecule has 1 heterocycles. The van der Waals surface area contributed by atoms with E-state index in [1.54, 1.807) is 35.8 Å². The number of sulfonamides is 1. The molecule has 0 radical (unpaired) electrons. The Morgan fingerprint density at radius 2 is 2.11 bits per heavy atom. The van der Waals surface area contributed by atoms with Crippen molar-refractivity contribution in [3.8, 4) is 0 Å². The normalized spacial score (nSPS) is 11.6. The Kier molecular flexibility index (Phi) is 3.95. The van der Waals surface area contributed by atoms with Crippen LogP contribution in [0.5, 0.6) is 0 Å². The summed E-state index contributed by atoms with van der Waals surface area (Å²) >= 11 is 1.41. The summed E-state index contributed by atoms with van der Waals surface area (Å²) in [5.41, 5.74) is 6.80. The number of rotatable bonds is 5. The molecule has 1 aromatic heterocycles. The Morgan fingerprint density at radius 1 is 1.33 bits per heavy atom. The van der Waals surface area contributed by atoms with E-state index in [1.807, 2.05) is 0 Å². The van der Waals surface area contributed by atoms with E-state index in [2.05, 4.69) is 9.71 Å². The first-order valence-corrected chi connectivity index (χ1v) is 7.79. The van der Waals surface area contributed by atoms with Gasteiger partial charge in [-0.15, -0.1) is 11.3 Å². The number of para-hydroxylation sites is 1. The van der Waals surface area contributed by atoms with Crippen molar-refractivity contribution >= 4 is 27.0 Å². The first-order chi connectivity index (χ1) is 8.57. The van der Waals surface area contributed by atoms with E-state index in [0.29, 0.717) is 11.3 Å². The molecule has 0 aliphatic carbocycles. The molecule has 7 heteroatoms. The minimum atomic E-state index is -3.40. The van der Waals surface area contributed by atoms with Crippen LogP contribution in [-0.4, -0.2) is 13.4 Å². The van der Waals surface area contributed by atoms with Crippen molar-refractivity contribution in [3.63, 3.8) is 0 Å². The summed E-state index contributed by atoms with van der Waals surface area (Å²) in [6.45, 7) is 0.215. The number of aromatic nitrogens is 1. The van der Waals surface area contributed by atoms with Crippen molar-refractivity contribution in [1.29, 1.82) is 0 Å². The van der Waals surface area contributed by atoms with Gasteiger partial charge < -0.3 is 5.73 Å². The van der Waals surface area contributed by atoms with Gasteiger partial charge in [-0.3, -0.25) is 0 Å². The molecule has 2 aromatic rings. The molecular formula is C11H13N3O2S2. The maximum atomic E-state index is 11.9. The van der Waals surface area contributed by atoms with E-state index in [9.17, 15) is 8.42 Å². The summed E-state index contributed by atoms with van der Waals surface area (Å²) in [5.74, 6) is -0.120. The summed E-state index contributed by atoms with van der Waals surface area (Å²) in [5, 5.41) is 2.54. The Balaban J connectivity index is 2.02. The Hall–Kier alpha value is -1.44. The lowest BCUT2D eigenvalue weighted by Gasteiger charge is -2.07. The third-order valence-electron chi connectivity index (χ3n) is 2.33. The van der Waals surface area contributed by atoms with E-state index in [0.717, 1.165) is 5.01 Å². The quantitative estimate of drug-likeness (QED) is 0.811. The van der Waals surface area contributed by atoms with Gasteiger partial charge >= 0.3 is 0 Å². The molecule has 5 nitrogen and oxygen atoms in total. The van der Waals surface area contributed by atoms with Gasteiger partial charge in [-0.25, -0.2) is 18.1 Å². The Morgan fingerprint density at radius 3 is 2.78 bits per heavy atom. The van der Waals surface area contributed by atoms with E-state index in [1.165, 1.54) is 11.3 Å². The fourth-order valence-electron chi connectivity index (χ4n) is 1.43. The summed E-state index contributed by atoms with van der Waals surface area (Å²) < 4.78 is 26.2. The number of nitrogens with zero attached hydrogens (tertiary/aromatic N) is 1. The fraction of sp³-hybridized carbons (Fsp3) is 0.182. The van der Waals surface area contributed by atoms with Gasteiger partial charge in [0, 0.05) is 17.3 Å². The Labute approximate surface area is 110 Å². The third kappa shape index (κ3) is 3.52. The molecule has 96 valence electrons.